The number of H-pyrrole nitrogens is 1. The molecule has 4 N–H and O–H groups in total. The van der Waals surface area contributed by atoms with Crippen LogP contribution in [-0.4, -0.2) is 51.6 Å². The molecule has 1 aliphatic heterocycles. The maximum Gasteiger partial charge on any atom is 0.161 e. The first-order valence-corrected chi connectivity index (χ1v) is 17.9. The van der Waals surface area contributed by atoms with Crippen molar-refractivity contribution in [3.8, 4) is 17.2 Å². The molecule has 1 aliphatic carbocycles. The van der Waals surface area contributed by atoms with E-state index in [1.54, 1.807) is 30.5 Å². The number of phenols is 2. The molecule has 5 aromatic rings. The molecule has 0 radical (unpaired) electrons. The summed E-state index contributed by atoms with van der Waals surface area (Å²) in [5.74, 6) is -0.131. The number of fused-ring (bicyclic) bond motifs is 7. The summed E-state index contributed by atoms with van der Waals surface area (Å²) >= 11 is 0. The fourth-order valence-corrected chi connectivity index (χ4v) is 7.77. The van der Waals surface area contributed by atoms with E-state index in [1.165, 1.54) is 7.11 Å². The van der Waals surface area contributed by atoms with Crippen LogP contribution >= 0.6 is 0 Å². The van der Waals surface area contributed by atoms with E-state index in [4.69, 9.17) is 10.1 Å². The van der Waals surface area contributed by atoms with Crippen molar-refractivity contribution in [1.29, 1.82) is 0 Å². The number of phenolic OH excluding ortho intramolecular Hbond substituents is 2. The number of carbonyl (C=O) groups is 2. The second-order valence-electron chi connectivity index (χ2n) is 14.0. The minimum atomic E-state index is -0.740. The smallest absolute Gasteiger partial charge is 0.161 e. The molecular weight excluding hydrogens is 654 g/mol. The molecule has 0 spiro atoms. The summed E-state index contributed by atoms with van der Waals surface area (Å²) < 4.78 is 5.51. The second kappa shape index (κ2) is 15.4. The Morgan fingerprint density at radius 2 is 1.71 bits per heavy atom. The van der Waals surface area contributed by atoms with Crippen molar-refractivity contribution < 1.29 is 29.6 Å². The number of rotatable bonds is 6. The molecule has 4 bridgehead atoms. The average Bonchev–Trinajstić information content (AvgIpc) is 3.79. The number of methoxy groups -OCH3 is 1. The SMILES string of the molecule is COc1cc2cc(c1O)Cc1cccc(c1)Cc1cc[nH]c1[N-]CC1=Cc3[n-]ccc3C(CC(O)CCc3cccc(O)c3)C1C(=O)CC(=O)CC2. The number of hydrogen-bond donors (Lipinski definition) is 4. The number of nitrogens with one attached hydrogen (secondary N) is 1. The van der Waals surface area contributed by atoms with Gasteiger partial charge in [-0.1, -0.05) is 83.8 Å². The first-order valence-electron chi connectivity index (χ1n) is 17.9. The quantitative estimate of drug-likeness (QED) is 0.137. The lowest BCUT2D eigenvalue weighted by Crippen LogP contribution is -2.32. The molecule has 2 aromatic heterocycles. The maximum absolute atomic E-state index is 14.4. The van der Waals surface area contributed by atoms with Gasteiger partial charge >= 0.3 is 0 Å². The van der Waals surface area contributed by atoms with Gasteiger partial charge in [-0.05, 0) is 90.6 Å². The predicted molar refractivity (Wildman–Crippen MR) is 199 cm³/mol. The Bertz CT molecular complexity index is 2110. The number of ketones is 2. The summed E-state index contributed by atoms with van der Waals surface area (Å²) in [6.07, 6.45) is 7.49. The molecule has 0 saturated carbocycles. The lowest BCUT2D eigenvalue weighted by Gasteiger charge is -2.37. The maximum atomic E-state index is 14.4. The molecule has 9 nitrogen and oxygen atoms in total. The van der Waals surface area contributed by atoms with Crippen LogP contribution < -0.4 is 9.72 Å². The van der Waals surface area contributed by atoms with Gasteiger partial charge in [-0.25, -0.2) is 0 Å². The molecule has 9 heteroatoms. The van der Waals surface area contributed by atoms with Crippen molar-refractivity contribution >= 4 is 23.5 Å². The van der Waals surface area contributed by atoms with Crippen molar-refractivity contribution in [2.45, 2.75) is 63.4 Å². The molecule has 3 unspecified atom stereocenters. The molecule has 7 rings (SSSR count). The number of aromatic amines is 1. The Balaban J connectivity index is 1.21. The summed E-state index contributed by atoms with van der Waals surface area (Å²) in [6, 6.07) is 22.8. The van der Waals surface area contributed by atoms with Gasteiger partial charge in [-0.2, -0.15) is 6.20 Å². The van der Waals surface area contributed by atoms with Gasteiger partial charge < -0.3 is 35.3 Å². The third-order valence-corrected chi connectivity index (χ3v) is 10.3. The van der Waals surface area contributed by atoms with E-state index in [1.807, 2.05) is 48.7 Å². The highest BCUT2D eigenvalue weighted by molar-refractivity contribution is 6.02. The second-order valence-corrected chi connectivity index (χ2v) is 14.0. The number of aryl methyl sites for hydroxylation is 2. The first kappa shape index (κ1) is 34.9. The topological polar surface area (TPSA) is 148 Å². The fourth-order valence-electron chi connectivity index (χ4n) is 7.77. The van der Waals surface area contributed by atoms with E-state index >= 15 is 0 Å². The molecule has 0 amide bonds. The van der Waals surface area contributed by atoms with Crippen LogP contribution in [0.15, 0.2) is 90.8 Å². The van der Waals surface area contributed by atoms with Gasteiger partial charge in [0.2, 0.25) is 0 Å². The number of aliphatic hydroxyl groups excluding tert-OH is 1. The normalized spacial score (nSPS) is 18.4. The van der Waals surface area contributed by atoms with Crippen LogP contribution in [0.5, 0.6) is 17.2 Å². The Morgan fingerprint density at radius 1 is 0.904 bits per heavy atom. The average molecular weight is 698 g/mol. The number of aromatic hydroxyl groups is 2. The van der Waals surface area contributed by atoms with Crippen LogP contribution in [0.4, 0.5) is 5.82 Å². The standard InChI is InChI=1S/C43H43N3O6/c1-52-40-21-29-9-11-35(49)24-39(50)41-32(22-38-36(13-15-44-38)37(41)23-34(48)10-8-26-4-3-7-33(47)20-26)25-46-43-30(12-14-45-43)17-27-5-2-6-28(16-27)18-31(19-29)42(40)51/h2-7,12-16,19-22,34,37,41,45,47-48,51H,8-11,17-18,23-25H2,1H3/q-2. The predicted octanol–water partition coefficient (Wildman–Crippen LogP) is 7.23. The number of carbonyl (C=O) groups excluding carboxylic acids is 2. The summed E-state index contributed by atoms with van der Waals surface area (Å²) in [5, 5.41) is 37.3. The van der Waals surface area contributed by atoms with Gasteiger partial charge in [0.05, 0.1) is 19.6 Å². The van der Waals surface area contributed by atoms with Crippen LogP contribution in [0.25, 0.3) is 11.4 Å². The van der Waals surface area contributed by atoms with E-state index < -0.39 is 17.9 Å². The van der Waals surface area contributed by atoms with E-state index in [9.17, 15) is 24.9 Å². The molecule has 3 heterocycles. The van der Waals surface area contributed by atoms with Gasteiger partial charge in [-0.3, -0.25) is 9.59 Å². The monoisotopic (exact) mass is 697 g/mol. The number of ether oxygens (including phenoxy) is 1. The van der Waals surface area contributed by atoms with Crippen molar-refractivity contribution in [3.63, 3.8) is 0 Å². The number of Topliss-reactive ketones (excluding diaryl/α,β-unsaturated/α-hetero) is 2. The zero-order valence-corrected chi connectivity index (χ0v) is 29.2. The lowest BCUT2D eigenvalue weighted by molar-refractivity contribution is -0.129. The van der Waals surface area contributed by atoms with Gasteiger partial charge in [0.1, 0.15) is 17.3 Å². The lowest BCUT2D eigenvalue weighted by atomic mass is 9.71. The van der Waals surface area contributed by atoms with E-state index in [-0.39, 0.29) is 42.5 Å². The van der Waals surface area contributed by atoms with Crippen LogP contribution in [0.2, 0.25) is 0 Å². The highest BCUT2D eigenvalue weighted by Gasteiger charge is 2.36. The van der Waals surface area contributed by atoms with E-state index in [2.05, 4.69) is 22.1 Å². The fraction of sp³-hybridized carbons (Fsp3) is 0.302. The molecule has 3 atom stereocenters. The Kier molecular flexibility index (Phi) is 10.3. The van der Waals surface area contributed by atoms with Gasteiger partial charge in [0, 0.05) is 24.3 Å². The van der Waals surface area contributed by atoms with E-state index in [0.717, 1.165) is 44.6 Å². The minimum Gasteiger partial charge on any atom is -0.664 e. The van der Waals surface area contributed by atoms with Gasteiger partial charge in [-0.15, -0.1) is 5.69 Å². The van der Waals surface area contributed by atoms with Crippen molar-refractivity contribution in [1.82, 2.24) is 9.97 Å². The zero-order valence-electron chi connectivity index (χ0n) is 29.2. The number of nitrogens with zero attached hydrogens (tertiary/aromatic N) is 2. The van der Waals surface area contributed by atoms with Gasteiger partial charge in [0.25, 0.3) is 0 Å². The van der Waals surface area contributed by atoms with Crippen LogP contribution in [-0.2, 0) is 35.3 Å². The molecule has 0 saturated heterocycles. The minimum absolute atomic E-state index is 0.0731. The van der Waals surface area contributed by atoms with Crippen molar-refractivity contribution in [2.24, 2.45) is 5.92 Å². The summed E-state index contributed by atoms with van der Waals surface area (Å²) in [5.41, 5.74) is 7.99. The number of benzene rings is 3. The Labute approximate surface area is 303 Å². The third-order valence-electron chi connectivity index (χ3n) is 10.3. The third kappa shape index (κ3) is 7.85. The summed E-state index contributed by atoms with van der Waals surface area (Å²) in [6.45, 7) is 0.227. The van der Waals surface area contributed by atoms with Crippen LogP contribution in [0.3, 0.4) is 0 Å². The zero-order chi connectivity index (χ0) is 36.2. The first-order chi connectivity index (χ1) is 25.2. The number of aromatic nitrogens is 2. The molecule has 0 fully saturated rings. The van der Waals surface area contributed by atoms with Crippen LogP contribution in [0.1, 0.15) is 76.2 Å². The molecule has 3 aromatic carbocycles. The molecule has 52 heavy (non-hydrogen) atoms. The largest absolute Gasteiger partial charge is 0.664 e. The van der Waals surface area contributed by atoms with Crippen molar-refractivity contribution in [3.05, 3.63) is 141 Å². The number of hydrogen-bond acceptors (Lipinski definition) is 6. The van der Waals surface area contributed by atoms with Gasteiger partial charge in [0.15, 0.2) is 11.5 Å². The highest BCUT2D eigenvalue weighted by atomic mass is 16.5. The van der Waals surface area contributed by atoms with E-state index in [0.29, 0.717) is 55.7 Å². The van der Waals surface area contributed by atoms with Crippen LogP contribution in [0, 0.1) is 5.92 Å². The van der Waals surface area contributed by atoms with Crippen molar-refractivity contribution in [2.75, 3.05) is 13.7 Å². The molecule has 2 aliphatic rings. The molecule has 268 valence electrons. The summed E-state index contributed by atoms with van der Waals surface area (Å²) in [7, 11) is 1.51. The summed E-state index contributed by atoms with van der Waals surface area (Å²) in [4.78, 5) is 35.8. The highest BCUT2D eigenvalue weighted by Crippen LogP contribution is 2.44. The molecular formula is C43H43N3O6-2. The Morgan fingerprint density at radius 3 is 2.52 bits per heavy atom. The number of aliphatic hydroxyl groups is 1. The Hall–Kier alpha value is -5.54.